The van der Waals surface area contributed by atoms with Crippen molar-refractivity contribution < 1.29 is 4.74 Å². The molecule has 0 heterocycles. The monoisotopic (exact) mass is 191 g/mol. The summed E-state index contributed by atoms with van der Waals surface area (Å²) in [7, 11) is 1.75. The summed E-state index contributed by atoms with van der Waals surface area (Å²) in [6.07, 6.45) is 0. The Morgan fingerprint density at radius 1 is 1.50 bits per heavy atom. The molecule has 0 aromatic carbocycles. The van der Waals surface area contributed by atoms with Crippen LogP contribution < -0.4 is 5.32 Å². The Balaban J connectivity index is 3.02. The van der Waals surface area contributed by atoms with Gasteiger partial charge in [-0.25, -0.2) is 0 Å². The molecule has 2 nitrogen and oxygen atoms in total. The highest BCUT2D eigenvalue weighted by atomic mass is 32.2. The number of nitrogens with one attached hydrogen (secondary N) is 1. The average molecular weight is 191 g/mol. The second-order valence-corrected chi connectivity index (χ2v) is 4.13. The van der Waals surface area contributed by atoms with Gasteiger partial charge in [0.05, 0.1) is 6.61 Å². The first kappa shape index (κ1) is 12.3. The molecule has 0 aromatic rings. The number of methoxy groups -OCH3 is 1. The number of hydrogen-bond acceptors (Lipinski definition) is 3. The van der Waals surface area contributed by atoms with Gasteiger partial charge in [0, 0.05) is 12.9 Å². The summed E-state index contributed by atoms with van der Waals surface area (Å²) in [4.78, 5) is 0. The molecule has 0 spiro atoms. The fraction of sp³-hybridized carbons (Fsp3) is 1.00. The maximum absolute atomic E-state index is 4.97. The van der Waals surface area contributed by atoms with Crippen molar-refractivity contribution in [2.24, 2.45) is 5.92 Å². The van der Waals surface area contributed by atoms with Gasteiger partial charge in [-0.05, 0) is 24.8 Å². The lowest BCUT2D eigenvalue weighted by Gasteiger charge is -2.10. The topological polar surface area (TPSA) is 21.3 Å². The summed E-state index contributed by atoms with van der Waals surface area (Å²) in [5.41, 5.74) is 0. The van der Waals surface area contributed by atoms with Crippen LogP contribution in [-0.2, 0) is 4.74 Å². The zero-order valence-electron chi connectivity index (χ0n) is 8.43. The normalized spacial score (nSPS) is 13.2. The van der Waals surface area contributed by atoms with Gasteiger partial charge in [-0.2, -0.15) is 11.8 Å². The van der Waals surface area contributed by atoms with Gasteiger partial charge in [0.1, 0.15) is 0 Å². The molecule has 0 bridgehead atoms. The first-order valence-corrected chi connectivity index (χ1v) is 5.74. The van der Waals surface area contributed by atoms with E-state index in [0.717, 1.165) is 31.4 Å². The van der Waals surface area contributed by atoms with Crippen molar-refractivity contribution in [3.05, 3.63) is 0 Å². The summed E-state index contributed by atoms with van der Waals surface area (Å²) in [6.45, 7) is 7.51. The van der Waals surface area contributed by atoms with E-state index in [1.165, 1.54) is 5.75 Å². The van der Waals surface area contributed by atoms with E-state index in [0.29, 0.717) is 0 Å². The van der Waals surface area contributed by atoms with Crippen molar-refractivity contribution in [2.45, 2.75) is 13.8 Å². The molecular formula is C9H21NOS. The predicted molar refractivity (Wildman–Crippen MR) is 56.9 cm³/mol. The second kappa shape index (κ2) is 9.36. The third-order valence-electron chi connectivity index (χ3n) is 1.58. The Morgan fingerprint density at radius 2 is 2.25 bits per heavy atom. The highest BCUT2D eigenvalue weighted by Gasteiger charge is 1.99. The van der Waals surface area contributed by atoms with Crippen LogP contribution in [0.3, 0.4) is 0 Å². The van der Waals surface area contributed by atoms with Crippen molar-refractivity contribution in [1.82, 2.24) is 5.32 Å². The van der Waals surface area contributed by atoms with E-state index in [1.54, 1.807) is 7.11 Å². The highest BCUT2D eigenvalue weighted by molar-refractivity contribution is 7.99. The number of rotatable bonds is 8. The smallest absolute Gasteiger partial charge is 0.0552 e. The lowest BCUT2D eigenvalue weighted by Crippen LogP contribution is -2.22. The van der Waals surface area contributed by atoms with Crippen LogP contribution in [0.25, 0.3) is 0 Å². The Morgan fingerprint density at radius 3 is 2.83 bits per heavy atom. The summed E-state index contributed by atoms with van der Waals surface area (Å²) in [5, 5.41) is 3.34. The highest BCUT2D eigenvalue weighted by Crippen LogP contribution is 2.06. The fourth-order valence-electron chi connectivity index (χ4n) is 0.876. The summed E-state index contributed by atoms with van der Waals surface area (Å²) < 4.78 is 4.97. The molecule has 0 aliphatic rings. The molecule has 1 N–H and O–H groups in total. The molecule has 74 valence electrons. The lowest BCUT2D eigenvalue weighted by molar-refractivity contribution is 0.218. The maximum atomic E-state index is 4.97. The fourth-order valence-corrected chi connectivity index (χ4v) is 1.85. The molecule has 0 radical (unpaired) electrons. The Bertz CT molecular complexity index is 90.6. The van der Waals surface area contributed by atoms with E-state index < -0.39 is 0 Å². The van der Waals surface area contributed by atoms with Crippen molar-refractivity contribution in [3.8, 4) is 0 Å². The molecule has 0 rings (SSSR count). The van der Waals surface area contributed by atoms with Crippen LogP contribution in [0.5, 0.6) is 0 Å². The SMILES string of the molecule is CCNCC(C)CSCCOC. The minimum atomic E-state index is 0.770. The first-order valence-electron chi connectivity index (χ1n) is 4.58. The molecule has 12 heavy (non-hydrogen) atoms. The van der Waals surface area contributed by atoms with Gasteiger partial charge in [0.2, 0.25) is 0 Å². The maximum Gasteiger partial charge on any atom is 0.0552 e. The molecule has 0 saturated heterocycles. The zero-order valence-corrected chi connectivity index (χ0v) is 9.25. The Labute approximate surface area is 80.4 Å². The van der Waals surface area contributed by atoms with Crippen LogP contribution in [0.1, 0.15) is 13.8 Å². The van der Waals surface area contributed by atoms with Crippen LogP contribution in [-0.4, -0.2) is 38.3 Å². The van der Waals surface area contributed by atoms with E-state index >= 15 is 0 Å². The lowest BCUT2D eigenvalue weighted by atomic mass is 10.2. The second-order valence-electron chi connectivity index (χ2n) is 2.98. The number of ether oxygens (including phenoxy) is 1. The van der Waals surface area contributed by atoms with E-state index in [9.17, 15) is 0 Å². The van der Waals surface area contributed by atoms with Gasteiger partial charge in [-0.3, -0.25) is 0 Å². The Hall–Kier alpha value is 0.270. The third kappa shape index (κ3) is 8.37. The average Bonchev–Trinajstić information content (AvgIpc) is 2.09. The molecule has 0 aromatic heterocycles. The van der Waals surface area contributed by atoms with Crippen LogP contribution in [0.2, 0.25) is 0 Å². The van der Waals surface area contributed by atoms with Crippen molar-refractivity contribution in [1.29, 1.82) is 0 Å². The third-order valence-corrected chi connectivity index (χ3v) is 2.84. The Kier molecular flexibility index (Phi) is 9.57. The van der Waals surface area contributed by atoms with E-state index in [1.807, 2.05) is 11.8 Å². The molecule has 0 fully saturated rings. The molecule has 1 atom stereocenters. The van der Waals surface area contributed by atoms with Crippen LogP contribution >= 0.6 is 11.8 Å². The van der Waals surface area contributed by atoms with E-state index in [4.69, 9.17) is 4.74 Å². The largest absolute Gasteiger partial charge is 0.384 e. The van der Waals surface area contributed by atoms with Gasteiger partial charge in [-0.1, -0.05) is 13.8 Å². The van der Waals surface area contributed by atoms with Crippen LogP contribution in [0.4, 0.5) is 0 Å². The summed E-state index contributed by atoms with van der Waals surface area (Å²) in [6, 6.07) is 0. The molecular weight excluding hydrogens is 170 g/mol. The predicted octanol–water partition coefficient (Wildman–Crippen LogP) is 1.61. The van der Waals surface area contributed by atoms with Gasteiger partial charge in [0.25, 0.3) is 0 Å². The molecule has 3 heteroatoms. The molecule has 1 unspecified atom stereocenters. The van der Waals surface area contributed by atoms with Crippen molar-refractivity contribution in [3.63, 3.8) is 0 Å². The van der Waals surface area contributed by atoms with Gasteiger partial charge in [0.15, 0.2) is 0 Å². The van der Waals surface area contributed by atoms with Crippen molar-refractivity contribution >= 4 is 11.8 Å². The summed E-state index contributed by atoms with van der Waals surface area (Å²) >= 11 is 1.97. The van der Waals surface area contributed by atoms with Crippen LogP contribution in [0.15, 0.2) is 0 Å². The van der Waals surface area contributed by atoms with E-state index in [-0.39, 0.29) is 0 Å². The molecule has 0 aliphatic heterocycles. The quantitative estimate of drug-likeness (QED) is 0.589. The minimum absolute atomic E-state index is 0.770. The van der Waals surface area contributed by atoms with Gasteiger partial charge in [-0.15, -0.1) is 0 Å². The number of hydrogen-bond donors (Lipinski definition) is 1. The molecule has 0 aliphatic carbocycles. The van der Waals surface area contributed by atoms with Gasteiger partial charge < -0.3 is 10.1 Å². The zero-order chi connectivity index (χ0) is 9.23. The molecule has 0 amide bonds. The number of thioether (sulfide) groups is 1. The first-order chi connectivity index (χ1) is 5.81. The van der Waals surface area contributed by atoms with E-state index in [2.05, 4.69) is 19.2 Å². The van der Waals surface area contributed by atoms with Crippen LogP contribution in [0, 0.1) is 5.92 Å². The standard InChI is InChI=1S/C9H21NOS/c1-4-10-7-9(2)8-12-6-5-11-3/h9-10H,4-8H2,1-3H3. The van der Waals surface area contributed by atoms with Crippen molar-refractivity contribution in [2.75, 3.05) is 38.3 Å². The van der Waals surface area contributed by atoms with Gasteiger partial charge >= 0.3 is 0 Å². The molecule has 0 saturated carbocycles. The minimum Gasteiger partial charge on any atom is -0.384 e. The summed E-state index contributed by atoms with van der Waals surface area (Å²) in [5.74, 6) is 3.12.